The molecule has 0 aliphatic rings. The van der Waals surface area contributed by atoms with E-state index in [2.05, 4.69) is 10.4 Å². The molecule has 0 aliphatic heterocycles. The van der Waals surface area contributed by atoms with Crippen molar-refractivity contribution in [3.05, 3.63) is 77.1 Å². The van der Waals surface area contributed by atoms with Gasteiger partial charge in [-0.3, -0.25) is 4.79 Å². The van der Waals surface area contributed by atoms with Gasteiger partial charge in [0.05, 0.1) is 28.7 Å². The Morgan fingerprint density at radius 3 is 2.55 bits per heavy atom. The van der Waals surface area contributed by atoms with E-state index in [1.807, 2.05) is 43.3 Å². The van der Waals surface area contributed by atoms with E-state index in [-0.39, 0.29) is 11.6 Å². The number of benzene rings is 2. The number of alkyl halides is 3. The molecule has 0 saturated heterocycles. The Labute approximate surface area is 166 Å². The molecule has 0 fully saturated rings. The lowest BCUT2D eigenvalue weighted by atomic mass is 10.1. The molecular weight excluding hydrogens is 381 g/mol. The van der Waals surface area contributed by atoms with Gasteiger partial charge < -0.3 is 10.2 Å². The number of nitrogens with zero attached hydrogens (tertiary/aromatic N) is 3. The average Bonchev–Trinajstić information content (AvgIpc) is 3.04. The fourth-order valence-electron chi connectivity index (χ4n) is 3.02. The Bertz CT molecular complexity index is 1020. The van der Waals surface area contributed by atoms with Crippen LogP contribution in [0.25, 0.3) is 5.69 Å². The lowest BCUT2D eigenvalue weighted by Gasteiger charge is -2.15. The number of amides is 1. The highest BCUT2D eigenvalue weighted by atomic mass is 19.4. The molecule has 0 spiro atoms. The van der Waals surface area contributed by atoms with Gasteiger partial charge in [0.1, 0.15) is 0 Å². The van der Waals surface area contributed by atoms with E-state index in [9.17, 15) is 18.0 Å². The van der Waals surface area contributed by atoms with Crippen LogP contribution in [0, 0.1) is 6.92 Å². The van der Waals surface area contributed by atoms with Crippen LogP contribution >= 0.6 is 0 Å². The zero-order chi connectivity index (χ0) is 21.2. The van der Waals surface area contributed by atoms with Crippen molar-refractivity contribution in [1.82, 2.24) is 14.7 Å². The summed E-state index contributed by atoms with van der Waals surface area (Å²) in [6, 6.07) is 12.3. The summed E-state index contributed by atoms with van der Waals surface area (Å²) in [7, 11) is 3.86. The molecule has 0 radical (unpaired) electrons. The smallest absolute Gasteiger partial charge is 0.322 e. The molecule has 2 aromatic carbocycles. The third kappa shape index (κ3) is 4.65. The van der Waals surface area contributed by atoms with Gasteiger partial charge in [0.15, 0.2) is 0 Å². The number of para-hydroxylation sites is 1. The van der Waals surface area contributed by atoms with Crippen molar-refractivity contribution in [3.8, 4) is 5.69 Å². The van der Waals surface area contributed by atoms with E-state index in [0.717, 1.165) is 17.7 Å². The van der Waals surface area contributed by atoms with Gasteiger partial charge in [-0.25, -0.2) is 4.68 Å². The van der Waals surface area contributed by atoms with Crippen LogP contribution < -0.4 is 5.32 Å². The highest BCUT2D eigenvalue weighted by Gasteiger charge is 2.30. The van der Waals surface area contributed by atoms with E-state index in [1.54, 1.807) is 6.92 Å². The third-order valence-electron chi connectivity index (χ3n) is 4.42. The van der Waals surface area contributed by atoms with Crippen molar-refractivity contribution in [3.63, 3.8) is 0 Å². The van der Waals surface area contributed by atoms with Gasteiger partial charge in [-0.05, 0) is 50.8 Å². The molecule has 3 aromatic rings. The molecule has 3 rings (SSSR count). The van der Waals surface area contributed by atoms with Crippen LogP contribution in [0.15, 0.2) is 54.7 Å². The second-order valence-electron chi connectivity index (χ2n) is 6.95. The number of aromatic nitrogens is 2. The number of nitrogens with one attached hydrogen (secondary N) is 1. The summed E-state index contributed by atoms with van der Waals surface area (Å²) in [5.41, 5.74) is 1.85. The summed E-state index contributed by atoms with van der Waals surface area (Å²) in [6.07, 6.45) is -3.09. The fraction of sp³-hybridized carbons (Fsp3) is 0.238. The Hall–Kier alpha value is -3.13. The zero-order valence-corrected chi connectivity index (χ0v) is 16.3. The summed E-state index contributed by atoms with van der Waals surface area (Å²) in [5.74, 6) is -0.369. The average molecular weight is 402 g/mol. The van der Waals surface area contributed by atoms with Crippen LogP contribution in [0.2, 0.25) is 0 Å². The Morgan fingerprint density at radius 2 is 1.86 bits per heavy atom. The Balaban J connectivity index is 1.88. The molecule has 0 saturated carbocycles. The minimum atomic E-state index is -4.45. The van der Waals surface area contributed by atoms with Gasteiger partial charge in [0, 0.05) is 12.2 Å². The first-order valence-electron chi connectivity index (χ1n) is 8.93. The van der Waals surface area contributed by atoms with Gasteiger partial charge in [0.2, 0.25) is 0 Å². The molecule has 152 valence electrons. The van der Waals surface area contributed by atoms with E-state index in [0.29, 0.717) is 23.5 Å². The van der Waals surface area contributed by atoms with Crippen LogP contribution in [-0.2, 0) is 12.7 Å². The van der Waals surface area contributed by atoms with Crippen molar-refractivity contribution in [2.24, 2.45) is 0 Å². The van der Waals surface area contributed by atoms with Crippen molar-refractivity contribution in [1.29, 1.82) is 0 Å². The first kappa shape index (κ1) is 20.6. The van der Waals surface area contributed by atoms with Gasteiger partial charge in [-0.1, -0.05) is 24.3 Å². The van der Waals surface area contributed by atoms with Gasteiger partial charge in [-0.15, -0.1) is 0 Å². The van der Waals surface area contributed by atoms with E-state index < -0.39 is 11.7 Å². The first-order chi connectivity index (χ1) is 13.7. The van der Waals surface area contributed by atoms with E-state index in [1.165, 1.54) is 23.0 Å². The maximum atomic E-state index is 13.0. The van der Waals surface area contributed by atoms with Crippen LogP contribution in [0.1, 0.15) is 27.2 Å². The minimum absolute atomic E-state index is 0.240. The number of anilines is 1. The monoisotopic (exact) mass is 402 g/mol. The number of carbonyl (C=O) groups excluding carboxylic acids is 1. The molecule has 0 unspecified atom stereocenters. The van der Waals surface area contributed by atoms with Gasteiger partial charge in [0.25, 0.3) is 5.91 Å². The van der Waals surface area contributed by atoms with Crippen LogP contribution in [0.4, 0.5) is 18.9 Å². The molecular formula is C21H21F3N4O. The molecule has 0 aliphatic carbocycles. The number of rotatable bonds is 5. The second-order valence-corrected chi connectivity index (χ2v) is 6.95. The molecule has 5 nitrogen and oxygen atoms in total. The summed E-state index contributed by atoms with van der Waals surface area (Å²) < 4.78 is 40.3. The van der Waals surface area contributed by atoms with Crippen molar-refractivity contribution >= 4 is 11.6 Å². The predicted molar refractivity (Wildman–Crippen MR) is 105 cm³/mol. The van der Waals surface area contributed by atoms with Crippen LogP contribution in [0.3, 0.4) is 0 Å². The highest BCUT2D eigenvalue weighted by molar-refractivity contribution is 6.05. The normalized spacial score (nSPS) is 11.7. The molecule has 1 aromatic heterocycles. The lowest BCUT2D eigenvalue weighted by Crippen LogP contribution is -2.17. The molecule has 0 bridgehead atoms. The molecule has 0 atom stereocenters. The summed E-state index contributed by atoms with van der Waals surface area (Å²) in [5, 5.41) is 7.00. The number of hydrogen-bond donors (Lipinski definition) is 1. The van der Waals surface area contributed by atoms with E-state index in [4.69, 9.17) is 0 Å². The molecule has 1 heterocycles. The van der Waals surface area contributed by atoms with Crippen molar-refractivity contribution in [2.45, 2.75) is 19.6 Å². The summed E-state index contributed by atoms with van der Waals surface area (Å²) >= 11 is 0. The predicted octanol–water partition coefficient (Wildman–Crippen LogP) is 4.51. The quantitative estimate of drug-likeness (QED) is 0.683. The number of carbonyl (C=O) groups is 1. The summed E-state index contributed by atoms with van der Waals surface area (Å²) in [4.78, 5) is 14.8. The standard InChI is InChI=1S/C21H21F3N4O/c1-14-18(20(29)26-19-10-5-4-7-15(19)13-27(2)3)12-25-28(14)17-9-6-8-16(11-17)21(22,23)24/h4-12H,13H2,1-3H3,(H,26,29). The first-order valence-corrected chi connectivity index (χ1v) is 8.93. The topological polar surface area (TPSA) is 50.2 Å². The van der Waals surface area contributed by atoms with E-state index >= 15 is 0 Å². The van der Waals surface area contributed by atoms with Gasteiger partial charge in [-0.2, -0.15) is 18.3 Å². The fourth-order valence-corrected chi connectivity index (χ4v) is 3.02. The lowest BCUT2D eigenvalue weighted by molar-refractivity contribution is -0.137. The number of hydrogen-bond acceptors (Lipinski definition) is 3. The second kappa shape index (κ2) is 8.08. The number of halogens is 3. The Kier molecular flexibility index (Phi) is 5.74. The highest BCUT2D eigenvalue weighted by Crippen LogP contribution is 2.30. The zero-order valence-electron chi connectivity index (χ0n) is 16.3. The molecule has 8 heteroatoms. The minimum Gasteiger partial charge on any atom is -0.322 e. The molecule has 1 amide bonds. The molecule has 29 heavy (non-hydrogen) atoms. The van der Waals surface area contributed by atoms with Crippen LogP contribution in [0.5, 0.6) is 0 Å². The van der Waals surface area contributed by atoms with Gasteiger partial charge >= 0.3 is 6.18 Å². The maximum absolute atomic E-state index is 13.0. The third-order valence-corrected chi connectivity index (χ3v) is 4.42. The largest absolute Gasteiger partial charge is 0.416 e. The Morgan fingerprint density at radius 1 is 1.14 bits per heavy atom. The maximum Gasteiger partial charge on any atom is 0.416 e. The van der Waals surface area contributed by atoms with Crippen molar-refractivity contribution in [2.75, 3.05) is 19.4 Å². The van der Waals surface area contributed by atoms with Crippen LogP contribution in [-0.4, -0.2) is 34.7 Å². The summed E-state index contributed by atoms with van der Waals surface area (Å²) in [6.45, 7) is 2.30. The molecule has 1 N–H and O–H groups in total. The van der Waals surface area contributed by atoms with Crippen molar-refractivity contribution < 1.29 is 18.0 Å². The SMILES string of the molecule is Cc1c(C(=O)Nc2ccccc2CN(C)C)cnn1-c1cccc(C(F)(F)F)c1.